The van der Waals surface area contributed by atoms with Gasteiger partial charge in [-0.2, -0.15) is 0 Å². The zero-order chi connectivity index (χ0) is 25.7. The molecule has 1 saturated heterocycles. The van der Waals surface area contributed by atoms with Gasteiger partial charge in [-0.3, -0.25) is 9.20 Å². The highest BCUT2D eigenvalue weighted by Gasteiger charge is 2.36. The lowest BCUT2D eigenvalue weighted by molar-refractivity contribution is 0.0495. The van der Waals surface area contributed by atoms with Crippen LogP contribution >= 0.6 is 11.6 Å². The summed E-state index contributed by atoms with van der Waals surface area (Å²) >= 11 is 6.32. The van der Waals surface area contributed by atoms with Crippen molar-refractivity contribution in [2.75, 3.05) is 18.8 Å². The second-order valence-corrected chi connectivity index (χ2v) is 10.1. The maximum Gasteiger partial charge on any atom is 0.260 e. The molecule has 1 atom stereocenters. The van der Waals surface area contributed by atoms with E-state index >= 15 is 4.39 Å². The van der Waals surface area contributed by atoms with Gasteiger partial charge >= 0.3 is 0 Å². The molecule has 35 heavy (non-hydrogen) atoms. The minimum Gasteiger partial charge on any atom is -0.490 e. The number of hydrogen-bond acceptors (Lipinski definition) is 5. The normalized spacial score (nSPS) is 16.7. The summed E-state index contributed by atoms with van der Waals surface area (Å²) in [4.78, 5) is 23.8. The molecule has 3 aromatic rings. The van der Waals surface area contributed by atoms with Gasteiger partial charge in [-0.25, -0.2) is 18.7 Å². The Hall–Kier alpha value is -2.94. The van der Waals surface area contributed by atoms with E-state index in [1.54, 1.807) is 26.2 Å². The van der Waals surface area contributed by atoms with Gasteiger partial charge in [-0.05, 0) is 46.6 Å². The highest BCUT2D eigenvalue weighted by molar-refractivity contribution is 6.31. The number of fused-ring (bicyclic) bond motifs is 1. The van der Waals surface area contributed by atoms with Crippen molar-refractivity contribution in [1.82, 2.24) is 19.3 Å². The monoisotopic (exact) mass is 505 g/mol. The average Bonchev–Trinajstić information content (AvgIpc) is 3.13. The van der Waals surface area contributed by atoms with Gasteiger partial charge in [-0.1, -0.05) is 18.5 Å². The number of rotatable bonds is 5. The molecule has 3 heterocycles. The van der Waals surface area contributed by atoms with Crippen molar-refractivity contribution in [1.29, 1.82) is 0 Å². The number of ether oxygens (including phenoxy) is 1. The predicted molar refractivity (Wildman–Crippen MR) is 131 cm³/mol. The molecule has 7 nitrogen and oxygen atoms in total. The summed E-state index contributed by atoms with van der Waals surface area (Å²) in [7, 11) is 0. The van der Waals surface area contributed by atoms with E-state index in [0.717, 1.165) is 0 Å². The number of halogens is 3. The molecule has 0 radical (unpaired) electrons. The Morgan fingerprint density at radius 2 is 1.94 bits per heavy atom. The molecular formula is C25H30ClF2N5O2. The van der Waals surface area contributed by atoms with Gasteiger partial charge < -0.3 is 15.4 Å². The Bertz CT molecular complexity index is 1280. The molecular weight excluding hydrogens is 476 g/mol. The van der Waals surface area contributed by atoms with E-state index in [2.05, 4.69) is 4.98 Å². The number of carbonyl (C=O) groups is 1. The van der Waals surface area contributed by atoms with Crippen molar-refractivity contribution < 1.29 is 18.3 Å². The Kier molecular flexibility index (Phi) is 6.66. The number of imidazole rings is 1. The first-order valence-electron chi connectivity index (χ1n) is 11.7. The van der Waals surface area contributed by atoms with Crippen LogP contribution in [-0.4, -0.2) is 50.0 Å². The topological polar surface area (TPSA) is 85.8 Å². The first kappa shape index (κ1) is 25.2. The Balaban J connectivity index is 1.86. The van der Waals surface area contributed by atoms with Crippen LogP contribution in [0.5, 0.6) is 5.75 Å². The number of alkyl halides is 1. The number of likely N-dealkylation sites (tertiary alicyclic amines) is 1. The first-order valence-corrected chi connectivity index (χ1v) is 12.0. The van der Waals surface area contributed by atoms with E-state index < -0.39 is 23.3 Å². The van der Waals surface area contributed by atoms with Crippen molar-refractivity contribution in [3.05, 3.63) is 51.9 Å². The number of carbonyl (C=O) groups excluding carboxylic acids is 1. The molecule has 1 aliphatic heterocycles. The molecule has 4 rings (SSSR count). The van der Waals surface area contributed by atoms with Crippen LogP contribution in [0.1, 0.15) is 73.9 Å². The van der Waals surface area contributed by atoms with Crippen molar-refractivity contribution in [2.45, 2.75) is 65.2 Å². The lowest BCUT2D eigenvalue weighted by Gasteiger charge is -2.35. The van der Waals surface area contributed by atoms with E-state index in [1.165, 1.54) is 17.9 Å². The minimum absolute atomic E-state index is 0.115. The smallest absolute Gasteiger partial charge is 0.260 e. The molecule has 2 aromatic heterocycles. The zero-order valence-corrected chi connectivity index (χ0v) is 21.3. The second kappa shape index (κ2) is 9.26. The first-order chi connectivity index (χ1) is 16.4. The van der Waals surface area contributed by atoms with Gasteiger partial charge in [0.15, 0.2) is 5.82 Å². The number of nitrogens with zero attached hydrogens (tertiary/aromatic N) is 4. The van der Waals surface area contributed by atoms with Crippen LogP contribution in [0.15, 0.2) is 18.5 Å². The Morgan fingerprint density at radius 1 is 1.29 bits per heavy atom. The van der Waals surface area contributed by atoms with Gasteiger partial charge in [-0.15, -0.1) is 0 Å². The number of anilines is 1. The third kappa shape index (κ3) is 4.66. The number of nitrogens with two attached hydrogens (primary N) is 1. The molecule has 1 aliphatic rings. The fourth-order valence-electron chi connectivity index (χ4n) is 4.55. The lowest BCUT2D eigenvalue weighted by Crippen LogP contribution is -2.43. The van der Waals surface area contributed by atoms with E-state index in [-0.39, 0.29) is 48.4 Å². The van der Waals surface area contributed by atoms with Crippen molar-refractivity contribution >= 4 is 28.8 Å². The van der Waals surface area contributed by atoms with E-state index in [9.17, 15) is 9.18 Å². The molecule has 1 aromatic carbocycles. The van der Waals surface area contributed by atoms with Gasteiger partial charge in [0.05, 0.1) is 16.8 Å². The van der Waals surface area contributed by atoms with E-state index in [0.29, 0.717) is 28.4 Å². The zero-order valence-electron chi connectivity index (χ0n) is 20.5. The number of aromatic nitrogens is 3. The predicted octanol–water partition coefficient (Wildman–Crippen LogP) is 5.32. The van der Waals surface area contributed by atoms with Crippen LogP contribution in [0.3, 0.4) is 0 Å². The number of amides is 1. The molecule has 0 bridgehead atoms. The minimum atomic E-state index is -1.35. The number of aryl methyl sites for hydroxylation is 1. The van der Waals surface area contributed by atoms with Gasteiger partial charge in [0.2, 0.25) is 0 Å². The number of benzene rings is 1. The summed E-state index contributed by atoms with van der Waals surface area (Å²) in [5, 5.41) is -0.197. The van der Waals surface area contributed by atoms with Crippen LogP contribution in [0, 0.1) is 12.7 Å². The fourth-order valence-corrected chi connectivity index (χ4v) is 4.76. The summed E-state index contributed by atoms with van der Waals surface area (Å²) in [6.45, 7) is 9.18. The van der Waals surface area contributed by atoms with Crippen molar-refractivity contribution in [3.8, 4) is 5.75 Å². The van der Waals surface area contributed by atoms with Crippen molar-refractivity contribution in [2.24, 2.45) is 0 Å². The molecule has 1 amide bonds. The van der Waals surface area contributed by atoms with Crippen LogP contribution in [-0.2, 0) is 0 Å². The SMILES string of the molecule is Cc1nc([C@@H](C)c2cc(Cl)c(F)c(C(=O)N3CCC(C)(F)CC3)c2OC(C)C)n2ccnc(N)c12. The van der Waals surface area contributed by atoms with Gasteiger partial charge in [0.25, 0.3) is 5.91 Å². The molecule has 0 spiro atoms. The Labute approximate surface area is 208 Å². The molecule has 1 fully saturated rings. The largest absolute Gasteiger partial charge is 0.490 e. The molecule has 10 heteroatoms. The Morgan fingerprint density at radius 3 is 2.57 bits per heavy atom. The lowest BCUT2D eigenvalue weighted by atomic mass is 9.93. The number of piperidine rings is 1. The molecule has 188 valence electrons. The molecule has 0 saturated carbocycles. The number of nitrogen functional groups attached to an aromatic ring is 1. The summed E-state index contributed by atoms with van der Waals surface area (Å²) < 4.78 is 37.7. The summed E-state index contributed by atoms with van der Waals surface area (Å²) in [6, 6.07) is 1.48. The quantitative estimate of drug-likeness (QED) is 0.507. The van der Waals surface area contributed by atoms with Crippen LogP contribution in [0.25, 0.3) is 5.52 Å². The van der Waals surface area contributed by atoms with E-state index in [4.69, 9.17) is 27.1 Å². The highest BCUT2D eigenvalue weighted by atomic mass is 35.5. The number of hydrogen-bond donors (Lipinski definition) is 1. The third-order valence-corrected chi connectivity index (χ3v) is 6.77. The highest BCUT2D eigenvalue weighted by Crippen LogP contribution is 2.41. The second-order valence-electron chi connectivity index (χ2n) is 9.65. The fraction of sp³-hybridized carbons (Fsp3) is 0.480. The van der Waals surface area contributed by atoms with Gasteiger partial charge in [0.1, 0.15) is 34.1 Å². The average molecular weight is 506 g/mol. The van der Waals surface area contributed by atoms with Crippen LogP contribution in [0.4, 0.5) is 14.6 Å². The molecule has 2 N–H and O–H groups in total. The van der Waals surface area contributed by atoms with Gasteiger partial charge in [0, 0.05) is 37.0 Å². The summed E-state index contributed by atoms with van der Waals surface area (Å²) in [5.41, 5.74) is 6.36. The van der Waals surface area contributed by atoms with E-state index in [1.807, 2.05) is 18.2 Å². The maximum atomic E-state index is 15.4. The third-order valence-electron chi connectivity index (χ3n) is 6.50. The standard InChI is InChI=1S/C25H30ClF2N5O2/c1-13(2)35-21-16(14(3)23-31-15(4)20-22(29)30-8-11-33(20)23)12-17(26)19(27)18(21)24(34)32-9-6-25(5,28)7-10-32/h8,11-14H,6-7,9-10H2,1-5H3,(H2,29,30)/t14-/m0/s1. The molecule has 0 unspecified atom stereocenters. The van der Waals surface area contributed by atoms with Crippen LogP contribution < -0.4 is 10.5 Å². The summed E-state index contributed by atoms with van der Waals surface area (Å²) in [6.07, 6.45) is 3.34. The summed E-state index contributed by atoms with van der Waals surface area (Å²) in [5.74, 6) is -0.784. The maximum absolute atomic E-state index is 15.4. The van der Waals surface area contributed by atoms with Crippen LogP contribution in [0.2, 0.25) is 5.02 Å². The van der Waals surface area contributed by atoms with Crippen molar-refractivity contribution in [3.63, 3.8) is 0 Å². The molecule has 0 aliphatic carbocycles.